The maximum absolute atomic E-state index is 14.8. The molecule has 1 aliphatic carbocycles. The number of hydrogen-bond donors (Lipinski definition) is 1. The molecule has 0 radical (unpaired) electrons. The van der Waals surface area contributed by atoms with E-state index < -0.39 is 29.0 Å². The van der Waals surface area contributed by atoms with Crippen LogP contribution < -0.4 is 5.32 Å². The van der Waals surface area contributed by atoms with E-state index in [4.69, 9.17) is 4.74 Å². The molecule has 37 heavy (non-hydrogen) atoms. The number of likely N-dealkylation sites (N-methyl/N-ethyl adjacent to an activating group) is 1. The van der Waals surface area contributed by atoms with Crippen molar-refractivity contribution >= 4 is 16.9 Å². The Balaban J connectivity index is 1.74. The molecule has 0 saturated heterocycles. The van der Waals surface area contributed by atoms with Gasteiger partial charge in [-0.25, -0.2) is 19.3 Å². The number of ether oxygens (including phenoxy) is 1. The standard InChI is InChI=1S/C26H28F4N6O/c1-15(17-6-5-7-19(22(17)27)26(28,29)30)32-23-18-12-20(25(14-31)8-9-25)16(2)33-24(18)35-21(34-23)13-37-11-10-36(3)4/h5-7,12,15H,8-11,13H2,1-4H3,(H,32,33,34,35)/t15-/m1/s1. The van der Waals surface area contributed by atoms with Gasteiger partial charge in [0.2, 0.25) is 0 Å². The molecule has 1 aromatic carbocycles. The van der Waals surface area contributed by atoms with Crippen LogP contribution in [0.15, 0.2) is 24.3 Å². The van der Waals surface area contributed by atoms with E-state index in [1.165, 1.54) is 12.1 Å². The number of aromatic nitrogens is 3. The van der Waals surface area contributed by atoms with Gasteiger partial charge in [0.1, 0.15) is 18.2 Å². The van der Waals surface area contributed by atoms with Crippen LogP contribution in [0.4, 0.5) is 23.4 Å². The summed E-state index contributed by atoms with van der Waals surface area (Å²) in [6.07, 6.45) is -3.39. The van der Waals surface area contributed by atoms with Crippen molar-refractivity contribution in [3.63, 3.8) is 0 Å². The first-order valence-corrected chi connectivity index (χ1v) is 11.9. The van der Waals surface area contributed by atoms with Crippen molar-refractivity contribution in [3.05, 3.63) is 58.3 Å². The number of nitriles is 1. The summed E-state index contributed by atoms with van der Waals surface area (Å²) in [5, 5.41) is 13.3. The SMILES string of the molecule is Cc1nc2nc(COCCN(C)C)nc(N[C@H](C)c3cccc(C(F)(F)F)c3F)c2cc1C1(C#N)CC1. The van der Waals surface area contributed by atoms with Crippen molar-refractivity contribution in [1.82, 2.24) is 19.9 Å². The molecular formula is C26H28F4N6O. The summed E-state index contributed by atoms with van der Waals surface area (Å²) in [5.41, 5.74) is -0.299. The zero-order chi connectivity index (χ0) is 27.0. The van der Waals surface area contributed by atoms with Gasteiger partial charge in [0.05, 0.1) is 35.1 Å². The van der Waals surface area contributed by atoms with E-state index in [1.807, 2.05) is 32.0 Å². The maximum Gasteiger partial charge on any atom is 0.419 e. The first kappa shape index (κ1) is 26.7. The van der Waals surface area contributed by atoms with Crippen LogP contribution in [0.25, 0.3) is 11.0 Å². The lowest BCUT2D eigenvalue weighted by molar-refractivity contribution is -0.140. The van der Waals surface area contributed by atoms with Gasteiger partial charge < -0.3 is 15.0 Å². The minimum atomic E-state index is -4.81. The van der Waals surface area contributed by atoms with Gasteiger partial charge in [-0.15, -0.1) is 0 Å². The number of alkyl halides is 3. The smallest absolute Gasteiger partial charge is 0.372 e. The van der Waals surface area contributed by atoms with Gasteiger partial charge in [-0.05, 0) is 58.5 Å². The van der Waals surface area contributed by atoms with E-state index >= 15 is 0 Å². The summed E-state index contributed by atoms with van der Waals surface area (Å²) in [7, 11) is 3.84. The Kier molecular flexibility index (Phi) is 7.35. The fourth-order valence-electron chi connectivity index (χ4n) is 4.21. The van der Waals surface area contributed by atoms with Crippen LogP contribution in [0.3, 0.4) is 0 Å². The Labute approximate surface area is 212 Å². The van der Waals surface area contributed by atoms with Crippen molar-refractivity contribution < 1.29 is 22.3 Å². The van der Waals surface area contributed by atoms with Gasteiger partial charge in [-0.2, -0.15) is 18.4 Å². The number of nitrogens with one attached hydrogen (secondary N) is 1. The zero-order valence-electron chi connectivity index (χ0n) is 21.1. The first-order chi connectivity index (χ1) is 17.4. The fourth-order valence-corrected chi connectivity index (χ4v) is 4.21. The zero-order valence-corrected chi connectivity index (χ0v) is 21.1. The molecule has 1 aliphatic rings. The third kappa shape index (κ3) is 5.65. The van der Waals surface area contributed by atoms with E-state index in [0.717, 1.165) is 5.56 Å². The highest BCUT2D eigenvalue weighted by Gasteiger charge is 2.46. The molecule has 1 atom stereocenters. The number of anilines is 1. The highest BCUT2D eigenvalue weighted by atomic mass is 19.4. The predicted octanol–water partition coefficient (Wildman–Crippen LogP) is 5.30. The molecule has 11 heteroatoms. The van der Waals surface area contributed by atoms with Crippen LogP contribution in [0.2, 0.25) is 0 Å². The lowest BCUT2D eigenvalue weighted by Crippen LogP contribution is -2.19. The summed E-state index contributed by atoms with van der Waals surface area (Å²) in [6, 6.07) is 6.50. The van der Waals surface area contributed by atoms with E-state index in [-0.39, 0.29) is 18.0 Å². The van der Waals surface area contributed by atoms with Crippen molar-refractivity contribution in [2.45, 2.75) is 50.9 Å². The number of fused-ring (bicyclic) bond motifs is 1. The van der Waals surface area contributed by atoms with E-state index in [9.17, 15) is 22.8 Å². The Morgan fingerprint density at radius 1 is 1.22 bits per heavy atom. The quantitative estimate of drug-likeness (QED) is 0.305. The van der Waals surface area contributed by atoms with Crippen LogP contribution in [0.5, 0.6) is 0 Å². The second kappa shape index (κ2) is 10.2. The summed E-state index contributed by atoms with van der Waals surface area (Å²) < 4.78 is 60.4. The third-order valence-corrected chi connectivity index (χ3v) is 6.47. The van der Waals surface area contributed by atoms with Crippen LogP contribution in [-0.4, -0.2) is 47.1 Å². The Hall–Kier alpha value is -3.36. The molecule has 0 unspecified atom stereocenters. The molecule has 1 saturated carbocycles. The Morgan fingerprint density at radius 3 is 2.57 bits per heavy atom. The van der Waals surface area contributed by atoms with E-state index in [0.29, 0.717) is 54.6 Å². The topological polar surface area (TPSA) is 87.0 Å². The average molecular weight is 517 g/mol. The number of nitrogens with zero attached hydrogens (tertiary/aromatic N) is 5. The van der Waals surface area contributed by atoms with Gasteiger partial charge >= 0.3 is 6.18 Å². The summed E-state index contributed by atoms with van der Waals surface area (Å²) >= 11 is 0. The van der Waals surface area contributed by atoms with Crippen LogP contribution in [0.1, 0.15) is 54.0 Å². The molecule has 196 valence electrons. The Morgan fingerprint density at radius 2 is 1.95 bits per heavy atom. The second-order valence-corrected chi connectivity index (χ2v) is 9.60. The number of aryl methyl sites for hydroxylation is 1. The normalized spacial score (nSPS) is 15.6. The molecule has 1 fully saturated rings. The van der Waals surface area contributed by atoms with Gasteiger partial charge in [0, 0.05) is 17.8 Å². The first-order valence-electron chi connectivity index (χ1n) is 11.9. The average Bonchev–Trinajstić information content (AvgIpc) is 3.61. The Bertz CT molecular complexity index is 1350. The summed E-state index contributed by atoms with van der Waals surface area (Å²) in [6.45, 7) is 4.60. The molecule has 0 spiro atoms. The number of benzene rings is 1. The fraction of sp³-hybridized carbons (Fsp3) is 0.462. The molecule has 4 rings (SSSR count). The maximum atomic E-state index is 14.8. The minimum absolute atomic E-state index is 0.0926. The van der Waals surface area contributed by atoms with Crippen LogP contribution >= 0.6 is 0 Å². The lowest BCUT2D eigenvalue weighted by atomic mass is 9.95. The largest absolute Gasteiger partial charge is 0.419 e. The monoisotopic (exact) mass is 516 g/mol. The van der Waals surface area contributed by atoms with E-state index in [1.54, 1.807) is 6.92 Å². The second-order valence-electron chi connectivity index (χ2n) is 9.60. The molecule has 0 amide bonds. The van der Waals surface area contributed by atoms with E-state index in [2.05, 4.69) is 26.3 Å². The predicted molar refractivity (Wildman–Crippen MR) is 130 cm³/mol. The molecule has 1 N–H and O–H groups in total. The van der Waals surface area contributed by atoms with Crippen LogP contribution in [-0.2, 0) is 22.9 Å². The summed E-state index contributed by atoms with van der Waals surface area (Å²) in [4.78, 5) is 15.7. The number of pyridine rings is 1. The molecule has 2 aromatic heterocycles. The molecule has 3 aromatic rings. The molecule has 2 heterocycles. The number of hydrogen-bond acceptors (Lipinski definition) is 7. The number of halogens is 4. The van der Waals surface area contributed by atoms with Gasteiger partial charge in [0.15, 0.2) is 11.5 Å². The molecule has 0 aliphatic heterocycles. The molecule has 0 bridgehead atoms. The van der Waals surface area contributed by atoms with Crippen molar-refractivity contribution in [2.24, 2.45) is 0 Å². The highest BCUT2D eigenvalue weighted by Crippen LogP contribution is 2.49. The molecule has 7 nitrogen and oxygen atoms in total. The van der Waals surface area contributed by atoms with Gasteiger partial charge in [0.25, 0.3) is 0 Å². The molecular weight excluding hydrogens is 488 g/mol. The third-order valence-electron chi connectivity index (χ3n) is 6.47. The number of rotatable bonds is 9. The van der Waals surface area contributed by atoms with Gasteiger partial charge in [-0.3, -0.25) is 0 Å². The van der Waals surface area contributed by atoms with Crippen molar-refractivity contribution in [1.29, 1.82) is 5.26 Å². The van der Waals surface area contributed by atoms with Crippen molar-refractivity contribution in [2.75, 3.05) is 32.6 Å². The highest BCUT2D eigenvalue weighted by molar-refractivity contribution is 5.88. The summed E-state index contributed by atoms with van der Waals surface area (Å²) in [5.74, 6) is -0.730. The van der Waals surface area contributed by atoms with Crippen molar-refractivity contribution in [3.8, 4) is 6.07 Å². The van der Waals surface area contributed by atoms with Gasteiger partial charge in [-0.1, -0.05) is 12.1 Å². The lowest BCUT2D eigenvalue weighted by Gasteiger charge is -2.20. The minimum Gasteiger partial charge on any atom is -0.372 e. The van der Waals surface area contributed by atoms with Crippen LogP contribution in [0, 0.1) is 24.1 Å².